The third kappa shape index (κ3) is 2.76. The van der Waals surface area contributed by atoms with Gasteiger partial charge in [0.05, 0.1) is 6.54 Å². The fourth-order valence-corrected chi connectivity index (χ4v) is 1.76. The van der Waals surface area contributed by atoms with Crippen LogP contribution in [0.4, 0.5) is 5.82 Å². The number of carboxylic acids is 1. The van der Waals surface area contributed by atoms with E-state index >= 15 is 0 Å². The Bertz CT molecular complexity index is 461. The topological polar surface area (TPSA) is 53.4 Å². The van der Waals surface area contributed by atoms with Crippen molar-refractivity contribution in [3.05, 3.63) is 23.9 Å². The molecular formula is C13H14N2O2. The van der Waals surface area contributed by atoms with E-state index in [1.807, 2.05) is 4.90 Å². The number of aromatic carboxylic acids is 1. The Morgan fingerprint density at radius 2 is 2.41 bits per heavy atom. The summed E-state index contributed by atoms with van der Waals surface area (Å²) >= 11 is 0. The summed E-state index contributed by atoms with van der Waals surface area (Å²) < 4.78 is 0. The van der Waals surface area contributed by atoms with Gasteiger partial charge in [-0.3, -0.25) is 0 Å². The zero-order valence-corrected chi connectivity index (χ0v) is 9.47. The molecule has 1 saturated carbocycles. The molecule has 88 valence electrons. The van der Waals surface area contributed by atoms with Gasteiger partial charge in [0.1, 0.15) is 11.4 Å². The highest BCUT2D eigenvalue weighted by molar-refractivity contribution is 5.93. The van der Waals surface area contributed by atoms with Crippen LogP contribution in [0.25, 0.3) is 0 Å². The Balaban J connectivity index is 2.27. The van der Waals surface area contributed by atoms with Gasteiger partial charge in [-0.2, -0.15) is 0 Å². The van der Waals surface area contributed by atoms with Gasteiger partial charge in [0.25, 0.3) is 0 Å². The van der Waals surface area contributed by atoms with Gasteiger partial charge in [-0.1, -0.05) is 5.92 Å². The fourth-order valence-electron chi connectivity index (χ4n) is 1.76. The molecule has 1 aromatic rings. The lowest BCUT2D eigenvalue weighted by Crippen LogP contribution is -2.28. The highest BCUT2D eigenvalue weighted by atomic mass is 16.4. The highest BCUT2D eigenvalue weighted by Gasteiger charge is 2.26. The average Bonchev–Trinajstić information content (AvgIpc) is 3.12. The van der Waals surface area contributed by atoms with Crippen LogP contribution in [0, 0.1) is 18.3 Å². The van der Waals surface area contributed by atoms with E-state index in [0.717, 1.165) is 6.54 Å². The van der Waals surface area contributed by atoms with Gasteiger partial charge in [0.15, 0.2) is 0 Å². The van der Waals surface area contributed by atoms with Crippen molar-refractivity contribution in [1.29, 1.82) is 0 Å². The van der Waals surface area contributed by atoms with Gasteiger partial charge in [-0.25, -0.2) is 9.78 Å². The average molecular weight is 230 g/mol. The van der Waals surface area contributed by atoms with Crippen molar-refractivity contribution < 1.29 is 9.90 Å². The standard InChI is InChI=1S/C13H14N2O2/c1-2-8-15(9-10-5-6-10)12-11(13(16)17)4-3-7-14-12/h1,3-4,7,10H,5-6,8-9H2,(H,16,17). The second-order valence-electron chi connectivity index (χ2n) is 4.21. The van der Waals surface area contributed by atoms with E-state index in [2.05, 4.69) is 10.9 Å². The molecule has 0 radical (unpaired) electrons. The Morgan fingerprint density at radius 1 is 1.65 bits per heavy atom. The summed E-state index contributed by atoms with van der Waals surface area (Å²) in [5.41, 5.74) is 0.211. The molecule has 0 atom stereocenters. The lowest BCUT2D eigenvalue weighted by atomic mass is 10.2. The van der Waals surface area contributed by atoms with E-state index in [9.17, 15) is 4.79 Å². The summed E-state index contributed by atoms with van der Waals surface area (Å²) in [6.07, 6.45) is 9.30. The van der Waals surface area contributed by atoms with Crippen molar-refractivity contribution in [2.45, 2.75) is 12.8 Å². The molecule has 1 aliphatic carbocycles. The normalized spacial score (nSPS) is 14.1. The minimum Gasteiger partial charge on any atom is -0.478 e. The van der Waals surface area contributed by atoms with Gasteiger partial charge < -0.3 is 10.0 Å². The summed E-state index contributed by atoms with van der Waals surface area (Å²) in [5, 5.41) is 9.11. The summed E-state index contributed by atoms with van der Waals surface area (Å²) in [6.45, 7) is 1.19. The molecule has 0 spiro atoms. The maximum absolute atomic E-state index is 11.1. The van der Waals surface area contributed by atoms with E-state index < -0.39 is 5.97 Å². The van der Waals surface area contributed by atoms with Crippen LogP contribution in [0.2, 0.25) is 0 Å². The Kier molecular flexibility index (Phi) is 3.29. The summed E-state index contributed by atoms with van der Waals surface area (Å²) in [5.74, 6) is 2.70. The first-order chi connectivity index (χ1) is 8.22. The molecule has 1 aromatic heterocycles. The van der Waals surface area contributed by atoms with Crippen molar-refractivity contribution in [3.8, 4) is 12.3 Å². The predicted octanol–water partition coefficient (Wildman–Crippen LogP) is 1.63. The zero-order chi connectivity index (χ0) is 12.3. The van der Waals surface area contributed by atoms with Crippen LogP contribution in [-0.4, -0.2) is 29.1 Å². The smallest absolute Gasteiger partial charge is 0.339 e. The fraction of sp³-hybridized carbons (Fsp3) is 0.385. The first-order valence-electron chi connectivity index (χ1n) is 5.59. The minimum atomic E-state index is -0.967. The number of terminal acetylenes is 1. The first-order valence-corrected chi connectivity index (χ1v) is 5.59. The molecule has 17 heavy (non-hydrogen) atoms. The van der Waals surface area contributed by atoms with Crippen molar-refractivity contribution in [1.82, 2.24) is 4.98 Å². The number of anilines is 1. The lowest BCUT2D eigenvalue weighted by molar-refractivity contribution is 0.0697. The van der Waals surface area contributed by atoms with E-state index in [4.69, 9.17) is 11.5 Å². The number of carbonyl (C=O) groups is 1. The molecule has 1 heterocycles. The van der Waals surface area contributed by atoms with Crippen molar-refractivity contribution in [2.24, 2.45) is 5.92 Å². The van der Waals surface area contributed by atoms with Crippen LogP contribution in [0.5, 0.6) is 0 Å². The highest BCUT2D eigenvalue weighted by Crippen LogP contribution is 2.31. The van der Waals surface area contributed by atoms with Crippen LogP contribution in [0.15, 0.2) is 18.3 Å². The molecule has 1 aliphatic rings. The van der Waals surface area contributed by atoms with Gasteiger partial charge in [0, 0.05) is 12.7 Å². The molecule has 0 bridgehead atoms. The number of rotatable bonds is 5. The summed E-state index contributed by atoms with van der Waals surface area (Å²) in [6, 6.07) is 3.18. The summed E-state index contributed by atoms with van der Waals surface area (Å²) in [7, 11) is 0. The minimum absolute atomic E-state index is 0.211. The number of hydrogen-bond acceptors (Lipinski definition) is 3. The molecule has 4 heteroatoms. The van der Waals surface area contributed by atoms with Crippen LogP contribution in [0.1, 0.15) is 23.2 Å². The lowest BCUT2D eigenvalue weighted by Gasteiger charge is -2.22. The molecule has 1 fully saturated rings. The Morgan fingerprint density at radius 3 is 3.00 bits per heavy atom. The second-order valence-corrected chi connectivity index (χ2v) is 4.21. The molecule has 0 aromatic carbocycles. The van der Waals surface area contributed by atoms with Crippen molar-refractivity contribution >= 4 is 11.8 Å². The SMILES string of the molecule is C#CCN(CC1CC1)c1ncccc1C(=O)O. The van der Waals surface area contributed by atoms with E-state index in [-0.39, 0.29) is 5.56 Å². The maximum Gasteiger partial charge on any atom is 0.339 e. The summed E-state index contributed by atoms with van der Waals surface area (Å²) in [4.78, 5) is 17.1. The first kappa shape index (κ1) is 11.5. The van der Waals surface area contributed by atoms with Gasteiger partial charge >= 0.3 is 5.97 Å². The maximum atomic E-state index is 11.1. The molecule has 0 saturated heterocycles. The van der Waals surface area contributed by atoms with Crippen LogP contribution >= 0.6 is 0 Å². The number of nitrogens with zero attached hydrogens (tertiary/aromatic N) is 2. The number of pyridine rings is 1. The van der Waals surface area contributed by atoms with Crippen LogP contribution < -0.4 is 4.90 Å². The molecule has 4 nitrogen and oxygen atoms in total. The monoisotopic (exact) mass is 230 g/mol. The predicted molar refractivity (Wildman–Crippen MR) is 65.0 cm³/mol. The van der Waals surface area contributed by atoms with Crippen LogP contribution in [0.3, 0.4) is 0 Å². The third-order valence-corrected chi connectivity index (χ3v) is 2.77. The van der Waals surface area contributed by atoms with Gasteiger partial charge in [-0.05, 0) is 30.9 Å². The quantitative estimate of drug-likeness (QED) is 0.781. The Hall–Kier alpha value is -2.02. The second kappa shape index (κ2) is 4.88. The largest absolute Gasteiger partial charge is 0.478 e. The molecule has 2 rings (SSSR count). The number of aromatic nitrogens is 1. The molecule has 1 N–H and O–H groups in total. The van der Waals surface area contributed by atoms with Crippen LogP contribution in [-0.2, 0) is 0 Å². The molecular weight excluding hydrogens is 216 g/mol. The zero-order valence-electron chi connectivity index (χ0n) is 9.47. The van der Waals surface area contributed by atoms with Crippen molar-refractivity contribution in [3.63, 3.8) is 0 Å². The number of hydrogen-bond donors (Lipinski definition) is 1. The van der Waals surface area contributed by atoms with Gasteiger partial charge in [0.2, 0.25) is 0 Å². The molecule has 0 aliphatic heterocycles. The molecule has 0 unspecified atom stereocenters. The molecule has 0 amide bonds. The van der Waals surface area contributed by atoms with Gasteiger partial charge in [-0.15, -0.1) is 6.42 Å². The third-order valence-electron chi connectivity index (χ3n) is 2.77. The van der Waals surface area contributed by atoms with Crippen molar-refractivity contribution in [2.75, 3.05) is 18.0 Å². The number of carboxylic acid groups (broad SMARTS) is 1. The van der Waals surface area contributed by atoms with E-state index in [1.54, 1.807) is 18.3 Å². The Labute approximate surface area is 100 Å². The van der Waals surface area contributed by atoms with E-state index in [1.165, 1.54) is 12.8 Å². The van der Waals surface area contributed by atoms with E-state index in [0.29, 0.717) is 18.3 Å².